The summed E-state index contributed by atoms with van der Waals surface area (Å²) < 4.78 is 1.99. The Hall–Kier alpha value is -2.37. The van der Waals surface area contributed by atoms with Crippen molar-refractivity contribution in [2.45, 2.75) is 44.7 Å². The van der Waals surface area contributed by atoms with Crippen molar-refractivity contribution in [2.24, 2.45) is 5.92 Å². The van der Waals surface area contributed by atoms with Crippen LogP contribution < -0.4 is 5.32 Å². The molecule has 2 fully saturated rings. The lowest BCUT2D eigenvalue weighted by Crippen LogP contribution is -2.38. The van der Waals surface area contributed by atoms with E-state index in [0.717, 1.165) is 44.7 Å². The van der Waals surface area contributed by atoms with Gasteiger partial charge in [0, 0.05) is 44.3 Å². The van der Waals surface area contributed by atoms with Crippen LogP contribution in [0.5, 0.6) is 0 Å². The minimum absolute atomic E-state index is 0.107. The molecule has 0 bridgehead atoms. The fourth-order valence-electron chi connectivity index (χ4n) is 3.40. The van der Waals surface area contributed by atoms with Crippen LogP contribution in [0.25, 0.3) is 0 Å². The third-order valence-electron chi connectivity index (χ3n) is 5.17. The average molecular weight is 339 g/mol. The number of hydrogen-bond acceptors (Lipinski definition) is 4. The van der Waals surface area contributed by atoms with Crippen molar-refractivity contribution in [1.82, 2.24) is 19.7 Å². The van der Waals surface area contributed by atoms with Crippen LogP contribution in [0, 0.1) is 5.92 Å². The van der Waals surface area contributed by atoms with E-state index in [1.54, 1.807) is 6.20 Å². The fourth-order valence-corrected chi connectivity index (χ4v) is 3.40. The van der Waals surface area contributed by atoms with E-state index in [9.17, 15) is 4.79 Å². The summed E-state index contributed by atoms with van der Waals surface area (Å²) in [6.45, 7) is 2.64. The van der Waals surface area contributed by atoms with Gasteiger partial charge in [-0.1, -0.05) is 0 Å². The van der Waals surface area contributed by atoms with Crippen LogP contribution in [0.3, 0.4) is 0 Å². The van der Waals surface area contributed by atoms with Gasteiger partial charge < -0.3 is 10.2 Å². The Balaban J connectivity index is 1.25. The summed E-state index contributed by atoms with van der Waals surface area (Å²) in [5.41, 5.74) is 0.691. The highest BCUT2D eigenvalue weighted by Crippen LogP contribution is 2.24. The zero-order valence-electron chi connectivity index (χ0n) is 14.5. The summed E-state index contributed by atoms with van der Waals surface area (Å²) in [4.78, 5) is 19.0. The number of hydrogen-bond donors (Lipinski definition) is 1. The molecule has 2 aliphatic rings. The molecule has 1 saturated carbocycles. The van der Waals surface area contributed by atoms with Gasteiger partial charge in [-0.25, -0.2) is 4.98 Å². The number of aromatic nitrogens is 3. The molecule has 1 aliphatic heterocycles. The number of aryl methyl sites for hydroxylation is 1. The van der Waals surface area contributed by atoms with E-state index in [1.165, 1.54) is 12.8 Å². The van der Waals surface area contributed by atoms with E-state index in [-0.39, 0.29) is 5.91 Å². The Labute approximate surface area is 148 Å². The number of nitrogens with zero attached hydrogens (tertiary/aromatic N) is 4. The summed E-state index contributed by atoms with van der Waals surface area (Å²) in [5, 5.41) is 7.60. The summed E-state index contributed by atoms with van der Waals surface area (Å²) in [6, 6.07) is 6.35. The number of rotatable bonds is 6. The van der Waals surface area contributed by atoms with E-state index >= 15 is 0 Å². The highest BCUT2D eigenvalue weighted by Gasteiger charge is 2.24. The molecule has 132 valence electrons. The molecular formula is C19H25N5O. The van der Waals surface area contributed by atoms with E-state index in [4.69, 9.17) is 0 Å². The molecule has 0 unspecified atom stereocenters. The van der Waals surface area contributed by atoms with Gasteiger partial charge in [-0.05, 0) is 56.2 Å². The predicted molar refractivity (Wildman–Crippen MR) is 96.4 cm³/mol. The Morgan fingerprint density at radius 2 is 2.04 bits per heavy atom. The number of piperidine rings is 1. The molecular weight excluding hydrogens is 314 g/mol. The molecule has 1 amide bonds. The van der Waals surface area contributed by atoms with Crippen molar-refractivity contribution in [2.75, 3.05) is 18.4 Å². The monoisotopic (exact) mass is 339 g/mol. The van der Waals surface area contributed by atoms with Crippen LogP contribution >= 0.6 is 0 Å². The molecule has 2 aromatic rings. The van der Waals surface area contributed by atoms with Gasteiger partial charge in [-0.2, -0.15) is 5.10 Å². The molecule has 25 heavy (non-hydrogen) atoms. The normalized spacial score (nSPS) is 18.3. The first-order chi connectivity index (χ1) is 12.3. The lowest BCUT2D eigenvalue weighted by Gasteiger charge is -2.32. The largest absolute Gasteiger partial charge is 0.367 e. The molecule has 4 rings (SSSR count). The molecule has 0 atom stereocenters. The Morgan fingerprint density at radius 3 is 2.68 bits per heavy atom. The second-order valence-corrected chi connectivity index (χ2v) is 7.14. The predicted octanol–water partition coefficient (Wildman–Crippen LogP) is 2.79. The Kier molecular flexibility index (Phi) is 4.68. The van der Waals surface area contributed by atoms with Gasteiger partial charge >= 0.3 is 0 Å². The number of nitrogens with one attached hydrogen (secondary N) is 1. The highest BCUT2D eigenvalue weighted by molar-refractivity contribution is 5.94. The molecule has 0 aromatic carbocycles. The molecule has 0 radical (unpaired) electrons. The smallest absolute Gasteiger partial charge is 0.255 e. The van der Waals surface area contributed by atoms with Crippen LogP contribution in [0.15, 0.2) is 36.8 Å². The minimum atomic E-state index is 0.107. The third-order valence-corrected chi connectivity index (χ3v) is 5.17. The van der Waals surface area contributed by atoms with Crippen LogP contribution in [-0.4, -0.2) is 44.7 Å². The Morgan fingerprint density at radius 1 is 1.20 bits per heavy atom. The van der Waals surface area contributed by atoms with Gasteiger partial charge in [-0.15, -0.1) is 0 Å². The SMILES string of the molecule is O=C(c1ccc(NC2CC2)nc1)N1CCC(CCn2cccn2)CC1. The van der Waals surface area contributed by atoms with Crippen molar-refractivity contribution in [3.05, 3.63) is 42.4 Å². The van der Waals surface area contributed by atoms with Gasteiger partial charge in [0.1, 0.15) is 5.82 Å². The van der Waals surface area contributed by atoms with Crippen molar-refractivity contribution >= 4 is 11.7 Å². The molecule has 6 heteroatoms. The zero-order chi connectivity index (χ0) is 17.1. The summed E-state index contributed by atoms with van der Waals surface area (Å²) >= 11 is 0. The van der Waals surface area contributed by atoms with Gasteiger partial charge in [0.15, 0.2) is 0 Å². The van der Waals surface area contributed by atoms with Crippen molar-refractivity contribution in [3.8, 4) is 0 Å². The van der Waals surface area contributed by atoms with Crippen LogP contribution in [0.4, 0.5) is 5.82 Å². The molecule has 1 saturated heterocycles. The van der Waals surface area contributed by atoms with Crippen LogP contribution in [0.1, 0.15) is 42.5 Å². The number of anilines is 1. The molecule has 0 spiro atoms. The molecule has 1 aliphatic carbocycles. The number of carbonyl (C=O) groups excluding carboxylic acids is 1. The second-order valence-electron chi connectivity index (χ2n) is 7.14. The van der Waals surface area contributed by atoms with E-state index in [0.29, 0.717) is 17.5 Å². The maximum absolute atomic E-state index is 12.6. The van der Waals surface area contributed by atoms with Gasteiger partial charge in [0.05, 0.1) is 5.56 Å². The maximum atomic E-state index is 12.6. The maximum Gasteiger partial charge on any atom is 0.255 e. The zero-order valence-corrected chi connectivity index (χ0v) is 14.5. The highest BCUT2D eigenvalue weighted by atomic mass is 16.2. The first-order valence-corrected chi connectivity index (χ1v) is 9.27. The van der Waals surface area contributed by atoms with E-state index < -0.39 is 0 Å². The standard InChI is InChI=1S/C19H25N5O/c25-19(16-2-5-18(20-14-16)22-17-3-4-17)23-11-6-15(7-12-23)8-13-24-10-1-9-21-24/h1-2,5,9-10,14-15,17H,3-4,6-8,11-13H2,(H,20,22). The number of pyridine rings is 1. The summed E-state index contributed by atoms with van der Waals surface area (Å²) in [5.74, 6) is 1.66. The fraction of sp³-hybridized carbons (Fsp3) is 0.526. The second kappa shape index (κ2) is 7.25. The number of carbonyl (C=O) groups is 1. The summed E-state index contributed by atoms with van der Waals surface area (Å²) in [6.07, 6.45) is 11.2. The molecule has 6 nitrogen and oxygen atoms in total. The topological polar surface area (TPSA) is 63.1 Å². The summed E-state index contributed by atoms with van der Waals surface area (Å²) in [7, 11) is 0. The van der Waals surface area contributed by atoms with E-state index in [1.807, 2.05) is 40.2 Å². The molecule has 1 N–H and O–H groups in total. The van der Waals surface area contributed by atoms with Crippen molar-refractivity contribution in [3.63, 3.8) is 0 Å². The number of amides is 1. The molecule has 2 aromatic heterocycles. The molecule has 3 heterocycles. The third kappa shape index (κ3) is 4.18. The quantitative estimate of drug-likeness (QED) is 0.879. The van der Waals surface area contributed by atoms with Crippen molar-refractivity contribution in [1.29, 1.82) is 0 Å². The van der Waals surface area contributed by atoms with Crippen LogP contribution in [-0.2, 0) is 6.54 Å². The van der Waals surface area contributed by atoms with Crippen molar-refractivity contribution < 1.29 is 4.79 Å². The van der Waals surface area contributed by atoms with E-state index in [2.05, 4.69) is 15.4 Å². The first-order valence-electron chi connectivity index (χ1n) is 9.27. The van der Waals surface area contributed by atoms with Gasteiger partial charge in [0.2, 0.25) is 0 Å². The Bertz CT molecular complexity index is 685. The lowest BCUT2D eigenvalue weighted by atomic mass is 9.93. The lowest BCUT2D eigenvalue weighted by molar-refractivity contribution is 0.0684. The number of likely N-dealkylation sites (tertiary alicyclic amines) is 1. The minimum Gasteiger partial charge on any atom is -0.367 e. The average Bonchev–Trinajstić information content (AvgIpc) is 3.31. The first kappa shape index (κ1) is 16.1. The van der Waals surface area contributed by atoms with Crippen LogP contribution in [0.2, 0.25) is 0 Å². The van der Waals surface area contributed by atoms with Gasteiger partial charge in [-0.3, -0.25) is 9.48 Å². The van der Waals surface area contributed by atoms with Gasteiger partial charge in [0.25, 0.3) is 5.91 Å².